The molecule has 23 heteroatoms. The van der Waals surface area contributed by atoms with Gasteiger partial charge in [-0.15, -0.1) is 0 Å². The van der Waals surface area contributed by atoms with Crippen LogP contribution in [-0.2, 0) is 4.79 Å². The lowest BCUT2D eigenvalue weighted by Gasteiger charge is -2.47. The molecular formula is C17H11F20IO2. The second kappa shape index (κ2) is 9.93. The fourth-order valence-electron chi connectivity index (χ4n) is 4.44. The Bertz CT molecular complexity index is 936. The highest BCUT2D eigenvalue weighted by molar-refractivity contribution is 14.1. The van der Waals surface area contributed by atoms with Gasteiger partial charge in [-0.05, 0) is 24.7 Å². The second-order valence-corrected chi connectivity index (χ2v) is 9.57. The maximum atomic E-state index is 15.0. The van der Waals surface area contributed by atoms with Crippen molar-refractivity contribution >= 4 is 28.6 Å². The molecule has 1 saturated carbocycles. The predicted octanol–water partition coefficient (Wildman–Crippen LogP) is 8.48. The highest BCUT2D eigenvalue weighted by Crippen LogP contribution is 2.68. The van der Waals surface area contributed by atoms with Crippen LogP contribution in [0.4, 0.5) is 87.8 Å². The average molecular weight is 754 g/mol. The molecule has 1 aliphatic rings. The van der Waals surface area contributed by atoms with Gasteiger partial charge in [-0.3, -0.25) is 4.79 Å². The molecule has 3 atom stereocenters. The maximum Gasteiger partial charge on any atom is 0.460 e. The minimum atomic E-state index is -8.45. The number of halogens is 21. The first-order valence-electron chi connectivity index (χ1n) is 9.78. The Kier molecular flexibility index (Phi) is 9.14. The van der Waals surface area contributed by atoms with E-state index in [0.717, 1.165) is 22.6 Å². The van der Waals surface area contributed by atoms with Crippen LogP contribution in [0.2, 0.25) is 0 Å². The summed E-state index contributed by atoms with van der Waals surface area (Å²) in [6.07, 6.45) is -29.9. The SMILES string of the molecule is O=C(O)[C@@]1(C(F)(C(F)(F)F)C(F)(F)F)CCC(CI)[C@@H]1CC(F)(F)C(F)(F)C(F)(F)C(F)(F)C(F)(F)C(F)(F)F. The van der Waals surface area contributed by atoms with Crippen molar-refractivity contribution < 1.29 is 97.7 Å². The molecule has 1 unspecified atom stereocenters. The van der Waals surface area contributed by atoms with Gasteiger partial charge in [0.15, 0.2) is 0 Å². The van der Waals surface area contributed by atoms with Gasteiger partial charge in [0.05, 0.1) is 0 Å². The van der Waals surface area contributed by atoms with E-state index in [-0.39, 0.29) is 0 Å². The van der Waals surface area contributed by atoms with E-state index in [1.54, 1.807) is 0 Å². The average Bonchev–Trinajstić information content (AvgIpc) is 3.08. The summed E-state index contributed by atoms with van der Waals surface area (Å²) in [7, 11) is 0. The molecule has 0 aromatic carbocycles. The summed E-state index contributed by atoms with van der Waals surface area (Å²) in [5.41, 5.74) is -12.3. The zero-order valence-electron chi connectivity index (χ0n) is 18.3. The molecule has 40 heavy (non-hydrogen) atoms. The van der Waals surface area contributed by atoms with Crippen LogP contribution in [0.15, 0.2) is 0 Å². The predicted molar refractivity (Wildman–Crippen MR) is 96.5 cm³/mol. The first-order chi connectivity index (χ1) is 17.2. The van der Waals surface area contributed by atoms with Crippen LogP contribution in [-0.4, -0.2) is 69.3 Å². The summed E-state index contributed by atoms with van der Waals surface area (Å²) >= 11 is 0.933. The van der Waals surface area contributed by atoms with Gasteiger partial charge in [0.2, 0.25) is 0 Å². The molecule has 0 spiro atoms. The number of carbonyl (C=O) groups is 1. The Balaban J connectivity index is 3.95. The summed E-state index contributed by atoms with van der Waals surface area (Å²) in [4.78, 5) is 11.7. The topological polar surface area (TPSA) is 37.3 Å². The molecule has 0 heterocycles. The molecule has 0 saturated heterocycles. The number of hydrogen-bond acceptors (Lipinski definition) is 1. The van der Waals surface area contributed by atoms with E-state index in [0.29, 0.717) is 0 Å². The highest BCUT2D eigenvalue weighted by Gasteiger charge is 2.92. The van der Waals surface area contributed by atoms with Crippen molar-refractivity contribution in [3.05, 3.63) is 0 Å². The number of hydrogen-bond donors (Lipinski definition) is 1. The standard InChI is InChI=1S/C17H11F20IO2/c18-9(19,11(21,22)12(23,24)13(25,26)14(27,28)17(35,36)37)3-6-5(4-38)1-2-8(6,7(39)40)10(20,15(29,30)31)16(32,33)34/h5-6H,1-4H2,(H,39,40)/t5?,6-,8+/m0/s1. The van der Waals surface area contributed by atoms with Gasteiger partial charge in [-0.2, -0.15) is 83.4 Å². The third kappa shape index (κ3) is 4.74. The number of alkyl halides is 21. The van der Waals surface area contributed by atoms with Crippen LogP contribution in [0.1, 0.15) is 19.3 Å². The smallest absolute Gasteiger partial charge is 0.460 e. The first-order valence-corrected chi connectivity index (χ1v) is 11.3. The Morgan fingerprint density at radius 2 is 1.02 bits per heavy atom. The Hall–Kier alpha value is -1.20. The molecule has 0 aliphatic heterocycles. The first kappa shape index (κ1) is 36.8. The van der Waals surface area contributed by atoms with E-state index in [1.807, 2.05) is 0 Å². The van der Waals surface area contributed by atoms with Crippen molar-refractivity contribution in [1.29, 1.82) is 0 Å². The van der Waals surface area contributed by atoms with Gasteiger partial charge >= 0.3 is 59.8 Å². The van der Waals surface area contributed by atoms with Gasteiger partial charge in [-0.1, -0.05) is 22.6 Å². The van der Waals surface area contributed by atoms with E-state index in [4.69, 9.17) is 0 Å². The van der Waals surface area contributed by atoms with Crippen molar-refractivity contribution in [3.8, 4) is 0 Å². The molecule has 1 aliphatic carbocycles. The maximum absolute atomic E-state index is 15.0. The number of rotatable bonds is 9. The van der Waals surface area contributed by atoms with E-state index >= 15 is 4.39 Å². The minimum absolute atomic E-state index is 0.933. The van der Waals surface area contributed by atoms with Crippen LogP contribution >= 0.6 is 22.6 Å². The van der Waals surface area contributed by atoms with Crippen LogP contribution < -0.4 is 0 Å². The van der Waals surface area contributed by atoms with Crippen LogP contribution in [0, 0.1) is 17.3 Å². The molecule has 1 N–H and O–H groups in total. The second-order valence-electron chi connectivity index (χ2n) is 8.69. The molecule has 238 valence electrons. The third-order valence-corrected chi connectivity index (χ3v) is 7.69. The van der Waals surface area contributed by atoms with E-state index in [9.17, 15) is 93.3 Å². The fourth-order valence-corrected chi connectivity index (χ4v) is 5.50. The van der Waals surface area contributed by atoms with Crippen LogP contribution in [0.25, 0.3) is 0 Å². The Morgan fingerprint density at radius 1 is 0.650 bits per heavy atom. The lowest BCUT2D eigenvalue weighted by Crippen LogP contribution is -2.71. The summed E-state index contributed by atoms with van der Waals surface area (Å²) < 4.78 is 269. The lowest BCUT2D eigenvalue weighted by molar-refractivity contribution is -0.441. The molecule has 0 aromatic heterocycles. The molecule has 1 fully saturated rings. The Morgan fingerprint density at radius 3 is 1.32 bits per heavy atom. The van der Waals surface area contributed by atoms with Crippen LogP contribution in [0.3, 0.4) is 0 Å². The summed E-state index contributed by atoms with van der Waals surface area (Å²) in [6, 6.07) is 0. The summed E-state index contributed by atoms with van der Waals surface area (Å²) in [5, 5.41) is 9.23. The Labute approximate surface area is 221 Å². The van der Waals surface area contributed by atoms with Gasteiger partial charge in [0.25, 0.3) is 0 Å². The highest BCUT2D eigenvalue weighted by atomic mass is 127. The monoisotopic (exact) mass is 754 g/mol. The molecular weight excluding hydrogens is 743 g/mol. The number of carboxylic acids is 1. The fraction of sp³-hybridized carbons (Fsp3) is 0.941. The molecule has 2 nitrogen and oxygen atoms in total. The third-order valence-electron chi connectivity index (χ3n) is 6.56. The van der Waals surface area contributed by atoms with Gasteiger partial charge in [-0.25, -0.2) is 4.39 Å². The largest absolute Gasteiger partial charge is 0.481 e. The van der Waals surface area contributed by atoms with Crippen molar-refractivity contribution in [2.24, 2.45) is 17.3 Å². The molecule has 0 radical (unpaired) electrons. The van der Waals surface area contributed by atoms with Gasteiger partial charge in [0, 0.05) is 10.8 Å². The van der Waals surface area contributed by atoms with Gasteiger partial charge in [0.1, 0.15) is 5.41 Å². The van der Waals surface area contributed by atoms with Crippen molar-refractivity contribution in [2.75, 3.05) is 4.43 Å². The molecule has 0 bridgehead atoms. The minimum Gasteiger partial charge on any atom is -0.481 e. The van der Waals surface area contributed by atoms with E-state index in [2.05, 4.69) is 0 Å². The molecule has 0 amide bonds. The quantitative estimate of drug-likeness (QED) is 0.146. The zero-order chi connectivity index (χ0) is 32.6. The number of carboxylic acid groups (broad SMARTS) is 1. The van der Waals surface area contributed by atoms with Crippen molar-refractivity contribution in [3.63, 3.8) is 0 Å². The van der Waals surface area contributed by atoms with Gasteiger partial charge < -0.3 is 5.11 Å². The molecule has 1 rings (SSSR count). The number of aliphatic carboxylic acids is 1. The zero-order valence-corrected chi connectivity index (χ0v) is 20.4. The molecule has 0 aromatic rings. The van der Waals surface area contributed by atoms with Crippen molar-refractivity contribution in [1.82, 2.24) is 0 Å². The van der Waals surface area contributed by atoms with Crippen LogP contribution in [0.5, 0.6) is 0 Å². The lowest BCUT2D eigenvalue weighted by atomic mass is 9.62. The van der Waals surface area contributed by atoms with Crippen molar-refractivity contribution in [2.45, 2.75) is 73.1 Å². The van der Waals surface area contributed by atoms with E-state index < -0.39 is 101 Å². The summed E-state index contributed by atoms with van der Waals surface area (Å²) in [6.45, 7) is 0. The normalized spacial score (nSPS) is 24.9. The van der Waals surface area contributed by atoms with E-state index in [1.165, 1.54) is 0 Å². The summed E-state index contributed by atoms with van der Waals surface area (Å²) in [5.74, 6) is -50.3.